The van der Waals surface area contributed by atoms with E-state index in [4.69, 9.17) is 66.2 Å². The number of pyridine rings is 3. The number of hydrogen-bond acceptors (Lipinski definition) is 22. The van der Waals surface area contributed by atoms with Crippen LogP contribution in [-0.2, 0) is 64.1 Å². The highest BCUT2D eigenvalue weighted by atomic mass is 35.5. The number of amides is 3. The molecule has 1 unspecified atom stereocenters. The second kappa shape index (κ2) is 36.8. The Bertz CT molecular complexity index is 5710. The van der Waals surface area contributed by atoms with Crippen molar-refractivity contribution in [3.05, 3.63) is 229 Å². The van der Waals surface area contributed by atoms with Crippen molar-refractivity contribution in [1.82, 2.24) is 43.6 Å². The molecule has 9 N–H and O–H groups in total. The summed E-state index contributed by atoms with van der Waals surface area (Å²) in [6.07, 6.45) is 9.79. The van der Waals surface area contributed by atoms with Crippen LogP contribution in [0, 0.1) is 35.2 Å². The number of halogens is 7. The van der Waals surface area contributed by atoms with Crippen molar-refractivity contribution in [3.8, 4) is 51.0 Å². The Hall–Kier alpha value is -11.8. The summed E-state index contributed by atoms with van der Waals surface area (Å²) in [6, 6.07) is 28.0. The predicted molar refractivity (Wildman–Crippen MR) is 424 cm³/mol. The third-order valence-corrected chi connectivity index (χ3v) is 22.3. The highest BCUT2D eigenvalue weighted by Crippen LogP contribution is 2.37. The number of hydrogen-bond donors (Lipinski definition) is 6. The number of nitrogens with one attached hydrogen (secondary N) is 3. The number of carbonyl (C=O) groups is 3. The summed E-state index contributed by atoms with van der Waals surface area (Å²) < 4.78 is 155. The van der Waals surface area contributed by atoms with E-state index in [0.29, 0.717) is 49.9 Å². The zero-order chi connectivity index (χ0) is 83.4. The smallest absolute Gasteiger partial charge is 0.263 e. The second-order valence-corrected chi connectivity index (χ2v) is 31.2. The van der Waals surface area contributed by atoms with E-state index in [1.165, 1.54) is 97.1 Å². The van der Waals surface area contributed by atoms with Gasteiger partial charge in [-0.05, 0) is 126 Å². The first-order valence-electron chi connectivity index (χ1n) is 33.0. The molecule has 3 atom stereocenters. The van der Waals surface area contributed by atoms with Crippen molar-refractivity contribution in [1.29, 1.82) is 0 Å². The van der Waals surface area contributed by atoms with Gasteiger partial charge in [0.25, 0.3) is 46.7 Å². The number of aromatic nitrogens is 9. The molecule has 30 nitrogen and oxygen atoms in total. The lowest BCUT2D eigenvalue weighted by atomic mass is 10.0. The SMILES string of the molecule is COc1ncc(-c2ccc3ncn(CC(C)C(N)=O)c(=O)c3c2)cc1NS(=O)(=O)c1ccc(F)cc1Cl.COc1ncc(-c2ccc3ncn(C[C@@H](C)C(N)=O)c(=O)c3c2)cc1NS(=O)(=O)c1ccc(F)cc1Cl.COc1ncc(-c2ccc3ncn(C[C@H](C)C(N)=O)c(=O)c3c2)cc1NS(=O)(=O)c1ccc(F)cc1Cl.CSF. The Morgan fingerprint density at radius 1 is 0.421 bits per heavy atom. The molecule has 6 aromatic carbocycles. The van der Waals surface area contributed by atoms with E-state index in [1.54, 1.807) is 75.4 Å². The summed E-state index contributed by atoms with van der Waals surface area (Å²) in [7, 11) is -8.72. The van der Waals surface area contributed by atoms with Gasteiger partial charge in [-0.2, -0.15) is 3.89 Å². The maximum Gasteiger partial charge on any atom is 0.263 e. The van der Waals surface area contributed by atoms with Crippen molar-refractivity contribution in [2.75, 3.05) is 41.8 Å². The van der Waals surface area contributed by atoms with Gasteiger partial charge in [-0.1, -0.05) is 73.8 Å². The summed E-state index contributed by atoms with van der Waals surface area (Å²) in [6.45, 7) is 5.05. The first-order valence-corrected chi connectivity index (χ1v) is 39.7. The van der Waals surface area contributed by atoms with Crippen molar-refractivity contribution < 1.29 is 70.9 Å². The largest absolute Gasteiger partial charge is 0.480 e. The zero-order valence-corrected chi connectivity index (χ0v) is 66.1. The number of methoxy groups -OCH3 is 3. The maximum atomic E-state index is 13.4. The van der Waals surface area contributed by atoms with E-state index in [1.807, 2.05) is 0 Å². The molecule has 6 heterocycles. The van der Waals surface area contributed by atoms with E-state index in [2.05, 4.69) is 44.1 Å². The summed E-state index contributed by atoms with van der Waals surface area (Å²) in [5.41, 5.74) is 19.2. The molecule has 0 bridgehead atoms. The molecule has 0 aliphatic heterocycles. The van der Waals surface area contributed by atoms with Crippen molar-refractivity contribution in [2.24, 2.45) is 35.0 Å². The Labute approximate surface area is 666 Å². The van der Waals surface area contributed by atoms with Crippen LogP contribution in [0.5, 0.6) is 17.6 Å². The number of nitrogens with zero attached hydrogens (tertiary/aromatic N) is 9. The first-order chi connectivity index (χ1) is 53.9. The Morgan fingerprint density at radius 2 is 0.667 bits per heavy atom. The van der Waals surface area contributed by atoms with Gasteiger partial charge in [0.15, 0.2) is 0 Å². The number of rotatable bonds is 24. The third kappa shape index (κ3) is 20.5. The van der Waals surface area contributed by atoms with Gasteiger partial charge < -0.3 is 31.4 Å². The normalized spacial score (nSPS) is 12.2. The second-order valence-electron chi connectivity index (χ2n) is 24.7. The molecule has 114 heavy (non-hydrogen) atoms. The monoisotopic (exact) mass is 1700 g/mol. The minimum absolute atomic E-state index is 0.000584. The molecule has 0 saturated heterocycles. The van der Waals surface area contributed by atoms with Crippen molar-refractivity contribution in [2.45, 2.75) is 55.1 Å². The number of nitrogens with two attached hydrogens (primary N) is 3. The molecule has 41 heteroatoms. The van der Waals surface area contributed by atoms with E-state index in [9.17, 15) is 71.1 Å². The maximum absolute atomic E-state index is 13.4. The quantitative estimate of drug-likeness (QED) is 0.0306. The molecule has 12 rings (SSSR count). The number of carbonyl (C=O) groups excluding carboxylic acids is 3. The van der Waals surface area contributed by atoms with Crippen LogP contribution in [0.3, 0.4) is 0 Å². The standard InChI is InChI=1S/3C24H21ClFN5O5S.CH3FS/c3*1-13(22(27)32)11-31-12-29-19-5-3-14(7-17(19)24(31)33)15-8-20(23(36-2)28-10-15)30-37(34,35)21-6-4-16(26)9-18(21)25;1-3-2/h3*3-10,12-13,30H,11H2,1-2H3,(H2,27,32);1H3/t2*13-;;/m10../s1. The van der Waals surface area contributed by atoms with Crippen molar-refractivity contribution in [3.63, 3.8) is 0 Å². The summed E-state index contributed by atoms with van der Waals surface area (Å²) in [4.78, 5) is 97.8. The fraction of sp³-hybridized carbons (Fsp3) is 0.178. The first kappa shape index (κ1) is 86.2. The molecule has 0 aliphatic rings. The fourth-order valence-electron chi connectivity index (χ4n) is 10.8. The molecule has 596 valence electrons. The van der Waals surface area contributed by atoms with Crippen LogP contribution >= 0.6 is 47.0 Å². The Kier molecular flexibility index (Phi) is 27.8. The number of sulfonamides is 3. The van der Waals surface area contributed by atoms with E-state index < -0.39 is 83.0 Å². The van der Waals surface area contributed by atoms with Gasteiger partial charge in [-0.15, -0.1) is 0 Å². The number of anilines is 3. The van der Waals surface area contributed by atoms with Gasteiger partial charge in [0.1, 0.15) is 49.2 Å². The predicted octanol–water partition coefficient (Wildman–Crippen LogP) is 10.8. The van der Waals surface area contributed by atoms with Crippen LogP contribution in [-0.4, -0.2) is 114 Å². The van der Waals surface area contributed by atoms with Crippen LogP contribution in [0.25, 0.3) is 66.1 Å². The summed E-state index contributed by atoms with van der Waals surface area (Å²) in [5, 5.41) is -0.0215. The van der Waals surface area contributed by atoms with Crippen LogP contribution in [0.4, 0.5) is 34.1 Å². The number of fused-ring (bicyclic) bond motifs is 3. The van der Waals surface area contributed by atoms with Crippen LogP contribution in [0.2, 0.25) is 15.1 Å². The van der Waals surface area contributed by atoms with Crippen LogP contribution in [0.1, 0.15) is 20.8 Å². The molecule has 0 fully saturated rings. The van der Waals surface area contributed by atoms with Gasteiger partial charge in [-0.25, -0.2) is 68.3 Å². The minimum atomic E-state index is -4.23. The molecule has 12 aromatic rings. The molecule has 0 aliphatic carbocycles. The minimum Gasteiger partial charge on any atom is -0.480 e. The highest BCUT2D eigenvalue weighted by molar-refractivity contribution is 7.93. The molecule has 0 spiro atoms. The van der Waals surface area contributed by atoms with Gasteiger partial charge in [-0.3, -0.25) is 56.6 Å². The molecular formula is C73H66Cl3F4N15O15S4. The van der Waals surface area contributed by atoms with Gasteiger partial charge in [0.05, 0.1) is 106 Å². The van der Waals surface area contributed by atoms with E-state index >= 15 is 0 Å². The highest BCUT2D eigenvalue weighted by Gasteiger charge is 2.27. The topological polar surface area (TPSA) is 439 Å². The van der Waals surface area contributed by atoms with E-state index in [-0.39, 0.29) is 129 Å². The zero-order valence-electron chi connectivity index (χ0n) is 60.6. The van der Waals surface area contributed by atoms with Crippen LogP contribution < -0.4 is 62.3 Å². The Balaban J connectivity index is 0.000000192. The van der Waals surface area contributed by atoms with Crippen LogP contribution in [0.15, 0.2) is 194 Å². The number of benzene rings is 6. The lowest BCUT2D eigenvalue weighted by molar-refractivity contribution is -0.122. The molecule has 6 aromatic heterocycles. The lowest BCUT2D eigenvalue weighted by Crippen LogP contribution is -2.30. The Morgan fingerprint density at radius 3 is 0.886 bits per heavy atom. The van der Waals surface area contributed by atoms with Gasteiger partial charge in [0, 0.05) is 73.3 Å². The summed E-state index contributed by atoms with van der Waals surface area (Å²) in [5.74, 6) is -5.44. The lowest BCUT2D eigenvalue weighted by Gasteiger charge is -2.14. The van der Waals surface area contributed by atoms with Gasteiger partial charge >= 0.3 is 0 Å². The average molecular weight is 1700 g/mol. The summed E-state index contributed by atoms with van der Waals surface area (Å²) >= 11 is 18.1. The molecule has 0 radical (unpaired) electrons. The number of primary amides is 3. The molecule has 3 amide bonds. The van der Waals surface area contributed by atoms with Gasteiger partial charge in [0.2, 0.25) is 35.4 Å². The van der Waals surface area contributed by atoms with E-state index in [0.717, 1.165) is 54.6 Å². The number of ether oxygens (including phenoxy) is 3. The molecular weight excluding hydrogens is 1640 g/mol. The average Bonchev–Trinajstić information content (AvgIpc) is 0.793. The fourth-order valence-corrected chi connectivity index (χ4v) is 15.5. The third-order valence-electron chi connectivity index (χ3n) is 16.8. The van der Waals surface area contributed by atoms with Crippen molar-refractivity contribution >= 4 is 145 Å². The molecule has 0 saturated carbocycles.